The first kappa shape index (κ1) is 22.0. The number of aryl methyl sites for hydroxylation is 2. The smallest absolute Gasteiger partial charge is 0.337 e. The van der Waals surface area contributed by atoms with E-state index in [0.29, 0.717) is 38.8 Å². The predicted octanol–water partition coefficient (Wildman–Crippen LogP) is 4.77. The minimum atomic E-state index is -0.578. The monoisotopic (exact) mass is 468 g/mol. The maximum absolute atomic E-state index is 13.5. The Morgan fingerprint density at radius 3 is 2.47 bits per heavy atom. The largest absolute Gasteiger partial charge is 0.494 e. The molecule has 8 heteroatoms. The van der Waals surface area contributed by atoms with Gasteiger partial charge in [0.15, 0.2) is 5.78 Å². The van der Waals surface area contributed by atoms with Crippen molar-refractivity contribution in [1.82, 2.24) is 9.13 Å². The molecular formula is C24H21ClN2O4S. The number of nitrogens with zero attached hydrogens (tertiary/aromatic N) is 2. The summed E-state index contributed by atoms with van der Waals surface area (Å²) in [5, 5.41) is 0.843. The molecule has 6 nitrogen and oxygen atoms in total. The van der Waals surface area contributed by atoms with Crippen LogP contribution in [0.4, 0.5) is 0 Å². The standard InChI is InChI=1S/C24H21ClN2O4S/c1-4-31-19-10-8-16(9-11-19)20(28)13-26-23-21(14(2)15(3)32-23)22(29)27(24(26)30)18-7-5-6-17(25)12-18/h5-12H,4,13H2,1-3H3. The summed E-state index contributed by atoms with van der Waals surface area (Å²) >= 11 is 7.44. The number of aromatic nitrogens is 2. The van der Waals surface area contributed by atoms with E-state index >= 15 is 0 Å². The number of carbonyl (C=O) groups is 1. The minimum absolute atomic E-state index is 0.191. The van der Waals surface area contributed by atoms with Gasteiger partial charge >= 0.3 is 5.69 Å². The van der Waals surface area contributed by atoms with Crippen molar-refractivity contribution in [2.75, 3.05) is 6.61 Å². The molecule has 0 amide bonds. The zero-order chi connectivity index (χ0) is 23.0. The summed E-state index contributed by atoms with van der Waals surface area (Å²) in [6.07, 6.45) is 0. The SMILES string of the molecule is CCOc1ccc(C(=O)Cn2c(=O)n(-c3cccc(Cl)c3)c(=O)c3c(C)c(C)sc32)cc1. The fraction of sp³-hybridized carbons (Fsp3) is 0.208. The average Bonchev–Trinajstić information content (AvgIpc) is 3.06. The first-order valence-electron chi connectivity index (χ1n) is 10.1. The fourth-order valence-electron chi connectivity index (χ4n) is 3.58. The van der Waals surface area contributed by atoms with E-state index in [2.05, 4.69) is 0 Å². The maximum atomic E-state index is 13.5. The van der Waals surface area contributed by atoms with Gasteiger partial charge in [0.25, 0.3) is 5.56 Å². The van der Waals surface area contributed by atoms with Crippen LogP contribution in [-0.4, -0.2) is 21.5 Å². The highest BCUT2D eigenvalue weighted by Gasteiger charge is 2.21. The van der Waals surface area contributed by atoms with Crippen LogP contribution in [-0.2, 0) is 6.54 Å². The second kappa shape index (κ2) is 8.76. The molecule has 0 atom stereocenters. The van der Waals surface area contributed by atoms with E-state index in [4.69, 9.17) is 16.3 Å². The second-order valence-electron chi connectivity index (χ2n) is 7.33. The summed E-state index contributed by atoms with van der Waals surface area (Å²) in [7, 11) is 0. The normalized spacial score (nSPS) is 11.1. The zero-order valence-corrected chi connectivity index (χ0v) is 19.4. The molecule has 0 aliphatic rings. The third-order valence-electron chi connectivity index (χ3n) is 5.31. The van der Waals surface area contributed by atoms with Gasteiger partial charge in [-0.25, -0.2) is 9.36 Å². The summed E-state index contributed by atoms with van der Waals surface area (Å²) in [6.45, 7) is 5.97. The van der Waals surface area contributed by atoms with E-state index in [9.17, 15) is 14.4 Å². The molecule has 0 saturated carbocycles. The Balaban J connectivity index is 1.89. The highest BCUT2D eigenvalue weighted by atomic mass is 35.5. The number of carbonyl (C=O) groups excluding carboxylic acids is 1. The summed E-state index contributed by atoms with van der Waals surface area (Å²) in [5.74, 6) is 0.430. The summed E-state index contributed by atoms with van der Waals surface area (Å²) in [5.41, 5.74) is 0.621. The third kappa shape index (κ3) is 3.89. The van der Waals surface area contributed by atoms with Crippen molar-refractivity contribution in [2.24, 2.45) is 0 Å². The zero-order valence-electron chi connectivity index (χ0n) is 17.8. The molecule has 2 aromatic carbocycles. The van der Waals surface area contributed by atoms with E-state index in [1.807, 2.05) is 20.8 Å². The van der Waals surface area contributed by atoms with Gasteiger partial charge in [-0.05, 0) is 68.8 Å². The number of hydrogen-bond donors (Lipinski definition) is 0. The highest BCUT2D eigenvalue weighted by molar-refractivity contribution is 7.18. The van der Waals surface area contributed by atoms with Crippen LogP contribution >= 0.6 is 22.9 Å². The van der Waals surface area contributed by atoms with Gasteiger partial charge in [-0.3, -0.25) is 14.2 Å². The van der Waals surface area contributed by atoms with Crippen molar-refractivity contribution in [3.05, 3.63) is 90.4 Å². The quantitative estimate of drug-likeness (QED) is 0.382. The molecule has 32 heavy (non-hydrogen) atoms. The van der Waals surface area contributed by atoms with Crippen molar-refractivity contribution in [2.45, 2.75) is 27.3 Å². The molecule has 0 unspecified atom stereocenters. The van der Waals surface area contributed by atoms with E-state index < -0.39 is 11.2 Å². The van der Waals surface area contributed by atoms with Crippen LogP contribution in [0, 0.1) is 13.8 Å². The molecule has 2 heterocycles. The van der Waals surface area contributed by atoms with Crippen molar-refractivity contribution in [1.29, 1.82) is 0 Å². The molecule has 0 radical (unpaired) electrons. The van der Waals surface area contributed by atoms with Crippen molar-refractivity contribution in [3.63, 3.8) is 0 Å². The number of benzene rings is 2. The highest BCUT2D eigenvalue weighted by Crippen LogP contribution is 2.27. The summed E-state index contributed by atoms with van der Waals surface area (Å²) < 4.78 is 7.88. The molecule has 0 aliphatic carbocycles. The van der Waals surface area contributed by atoms with E-state index in [1.54, 1.807) is 48.5 Å². The number of rotatable bonds is 6. The lowest BCUT2D eigenvalue weighted by atomic mass is 10.1. The van der Waals surface area contributed by atoms with Gasteiger partial charge in [-0.15, -0.1) is 11.3 Å². The van der Waals surface area contributed by atoms with Crippen molar-refractivity contribution in [3.8, 4) is 11.4 Å². The third-order valence-corrected chi connectivity index (χ3v) is 6.77. The van der Waals surface area contributed by atoms with Crippen molar-refractivity contribution >= 4 is 38.9 Å². The average molecular weight is 469 g/mol. The molecule has 2 aromatic heterocycles. The van der Waals surface area contributed by atoms with Crippen LogP contribution in [0.15, 0.2) is 58.1 Å². The Morgan fingerprint density at radius 1 is 1.09 bits per heavy atom. The van der Waals surface area contributed by atoms with Gasteiger partial charge in [0, 0.05) is 15.5 Å². The molecule has 4 aromatic rings. The first-order valence-corrected chi connectivity index (χ1v) is 11.3. The molecule has 164 valence electrons. The first-order chi connectivity index (χ1) is 15.3. The number of hydrogen-bond acceptors (Lipinski definition) is 5. The van der Waals surface area contributed by atoms with E-state index in [-0.39, 0.29) is 12.3 Å². The molecule has 0 aliphatic heterocycles. The van der Waals surface area contributed by atoms with Crippen molar-refractivity contribution < 1.29 is 9.53 Å². The molecule has 4 rings (SSSR count). The molecule has 0 spiro atoms. The fourth-order valence-corrected chi connectivity index (χ4v) is 4.90. The van der Waals surface area contributed by atoms with Crippen LogP contribution in [0.1, 0.15) is 27.7 Å². The van der Waals surface area contributed by atoms with Crippen LogP contribution in [0.5, 0.6) is 5.75 Å². The molecule has 0 bridgehead atoms. The second-order valence-corrected chi connectivity index (χ2v) is 8.97. The Bertz CT molecular complexity index is 1450. The maximum Gasteiger partial charge on any atom is 0.337 e. The Morgan fingerprint density at radius 2 is 1.81 bits per heavy atom. The number of fused-ring (bicyclic) bond motifs is 1. The Labute approximate surface area is 193 Å². The van der Waals surface area contributed by atoms with E-state index in [1.165, 1.54) is 15.9 Å². The van der Waals surface area contributed by atoms with Gasteiger partial charge in [-0.1, -0.05) is 17.7 Å². The lowest BCUT2D eigenvalue weighted by Gasteiger charge is -2.12. The Hall–Kier alpha value is -3.16. The van der Waals surface area contributed by atoms with E-state index in [0.717, 1.165) is 15.0 Å². The number of thiophene rings is 1. The summed E-state index contributed by atoms with van der Waals surface area (Å²) in [4.78, 5) is 41.2. The van der Waals surface area contributed by atoms with Gasteiger partial charge in [-0.2, -0.15) is 0 Å². The Kier molecular flexibility index (Phi) is 6.04. The van der Waals surface area contributed by atoms with Crippen LogP contribution < -0.4 is 16.0 Å². The number of ketones is 1. The molecular weight excluding hydrogens is 448 g/mol. The topological polar surface area (TPSA) is 70.3 Å². The van der Waals surface area contributed by atoms with Gasteiger partial charge in [0.05, 0.1) is 24.2 Å². The van der Waals surface area contributed by atoms with Crippen LogP contribution in [0.3, 0.4) is 0 Å². The lowest BCUT2D eigenvalue weighted by Crippen LogP contribution is -2.39. The number of Topliss-reactive ketones (excluding diaryl/α,β-unsaturated/α-hetero) is 1. The minimum Gasteiger partial charge on any atom is -0.494 e. The molecule has 0 N–H and O–H groups in total. The van der Waals surface area contributed by atoms with Crippen LogP contribution in [0.25, 0.3) is 15.9 Å². The van der Waals surface area contributed by atoms with Gasteiger partial charge < -0.3 is 4.74 Å². The lowest BCUT2D eigenvalue weighted by molar-refractivity contribution is 0.0971. The van der Waals surface area contributed by atoms with Gasteiger partial charge in [0.2, 0.25) is 0 Å². The summed E-state index contributed by atoms with van der Waals surface area (Å²) in [6, 6.07) is 13.3. The predicted molar refractivity (Wildman–Crippen MR) is 128 cm³/mol. The molecule has 0 saturated heterocycles. The number of halogens is 1. The van der Waals surface area contributed by atoms with Crippen LogP contribution in [0.2, 0.25) is 5.02 Å². The van der Waals surface area contributed by atoms with Gasteiger partial charge in [0.1, 0.15) is 10.6 Å². The number of ether oxygens (including phenoxy) is 1. The molecule has 0 fully saturated rings.